The molecule has 2 rings (SSSR count). The van der Waals surface area contributed by atoms with Crippen LogP contribution in [0.4, 0.5) is 13.2 Å². The Kier molecular flexibility index (Phi) is 4.06. The Hall–Kier alpha value is -1.53. The van der Waals surface area contributed by atoms with Gasteiger partial charge in [0.2, 0.25) is 5.91 Å². The van der Waals surface area contributed by atoms with Crippen molar-refractivity contribution in [2.24, 2.45) is 5.92 Å². The average molecular weight is 290 g/mol. The van der Waals surface area contributed by atoms with E-state index in [1.165, 1.54) is 4.90 Å². The van der Waals surface area contributed by atoms with E-state index < -0.39 is 12.1 Å². The fourth-order valence-electron chi connectivity index (χ4n) is 2.25. The van der Waals surface area contributed by atoms with Crippen LogP contribution in [0.2, 0.25) is 0 Å². The molecule has 1 aliphatic heterocycles. The van der Waals surface area contributed by atoms with Gasteiger partial charge in [-0.15, -0.1) is 0 Å². The number of carbonyl (C=O) groups excluding carboxylic acids is 2. The maximum Gasteiger partial charge on any atom is 0.471 e. The van der Waals surface area contributed by atoms with Crippen molar-refractivity contribution >= 4 is 11.8 Å². The van der Waals surface area contributed by atoms with Crippen LogP contribution in [0.1, 0.15) is 19.8 Å². The fraction of sp³-hybridized carbons (Fsp3) is 0.692. The molecule has 0 bridgehead atoms. The number of piperazine rings is 1. The summed E-state index contributed by atoms with van der Waals surface area (Å²) >= 11 is 0. The van der Waals surface area contributed by atoms with Gasteiger partial charge in [-0.2, -0.15) is 13.2 Å². The van der Waals surface area contributed by atoms with Crippen LogP contribution in [0.3, 0.4) is 0 Å². The molecule has 112 valence electrons. The smallest absolute Gasteiger partial charge is 0.336 e. The number of carbonyl (C=O) groups is 2. The van der Waals surface area contributed by atoms with E-state index in [1.807, 2.05) is 6.92 Å². The summed E-state index contributed by atoms with van der Waals surface area (Å²) in [5, 5.41) is 0. The maximum atomic E-state index is 12.3. The highest BCUT2D eigenvalue weighted by Crippen LogP contribution is 2.36. The SMILES string of the molecule is C/C(=C\C(=O)N1CCN(C(=O)C(F)(F)F)CC1)C1CC1. The van der Waals surface area contributed by atoms with Gasteiger partial charge in [-0.1, -0.05) is 5.57 Å². The minimum Gasteiger partial charge on any atom is -0.336 e. The largest absolute Gasteiger partial charge is 0.471 e. The molecule has 0 aromatic rings. The molecule has 1 heterocycles. The van der Waals surface area contributed by atoms with Crippen molar-refractivity contribution in [2.45, 2.75) is 25.9 Å². The Morgan fingerprint density at radius 3 is 2.00 bits per heavy atom. The highest BCUT2D eigenvalue weighted by molar-refractivity contribution is 5.89. The lowest BCUT2D eigenvalue weighted by molar-refractivity contribution is -0.187. The van der Waals surface area contributed by atoms with E-state index in [1.54, 1.807) is 6.08 Å². The van der Waals surface area contributed by atoms with Crippen LogP contribution in [0.25, 0.3) is 0 Å². The van der Waals surface area contributed by atoms with Gasteiger partial charge in [0.1, 0.15) is 0 Å². The lowest BCUT2D eigenvalue weighted by atomic mass is 10.1. The number of hydrogen-bond donors (Lipinski definition) is 0. The first-order valence-corrected chi connectivity index (χ1v) is 6.62. The van der Waals surface area contributed by atoms with Crippen LogP contribution < -0.4 is 0 Å². The van der Waals surface area contributed by atoms with Gasteiger partial charge in [-0.05, 0) is 25.7 Å². The van der Waals surface area contributed by atoms with Crippen molar-refractivity contribution < 1.29 is 22.8 Å². The average Bonchev–Trinajstić information content (AvgIpc) is 3.21. The van der Waals surface area contributed by atoms with Crippen LogP contribution in [0.5, 0.6) is 0 Å². The molecule has 1 saturated heterocycles. The Balaban J connectivity index is 1.86. The lowest BCUT2D eigenvalue weighted by Crippen LogP contribution is -2.53. The van der Waals surface area contributed by atoms with Gasteiger partial charge in [0.15, 0.2) is 0 Å². The zero-order chi connectivity index (χ0) is 14.9. The van der Waals surface area contributed by atoms with E-state index in [0.29, 0.717) is 5.92 Å². The summed E-state index contributed by atoms with van der Waals surface area (Å²) in [5.74, 6) is -1.50. The van der Waals surface area contributed by atoms with Gasteiger partial charge in [0, 0.05) is 32.3 Å². The third kappa shape index (κ3) is 3.52. The first-order valence-electron chi connectivity index (χ1n) is 6.62. The van der Waals surface area contributed by atoms with E-state index in [-0.39, 0.29) is 32.1 Å². The number of alkyl halides is 3. The standard InChI is InChI=1S/C13H17F3N2O2/c1-9(10-2-3-10)8-11(19)17-4-6-18(7-5-17)12(20)13(14,15)16/h8,10H,2-7H2,1H3/b9-8+. The molecule has 20 heavy (non-hydrogen) atoms. The van der Waals surface area contributed by atoms with Gasteiger partial charge in [0.05, 0.1) is 0 Å². The molecule has 0 spiro atoms. The summed E-state index contributed by atoms with van der Waals surface area (Å²) in [6.45, 7) is 2.06. The van der Waals surface area contributed by atoms with Gasteiger partial charge in [-0.3, -0.25) is 9.59 Å². The predicted octanol–water partition coefficient (Wildman–Crippen LogP) is 1.58. The molecule has 2 amide bonds. The van der Waals surface area contributed by atoms with E-state index in [9.17, 15) is 22.8 Å². The summed E-state index contributed by atoms with van der Waals surface area (Å²) in [4.78, 5) is 25.2. The molecule has 1 saturated carbocycles. The Bertz CT molecular complexity index is 433. The zero-order valence-electron chi connectivity index (χ0n) is 11.2. The van der Waals surface area contributed by atoms with E-state index >= 15 is 0 Å². The van der Waals surface area contributed by atoms with Crippen molar-refractivity contribution in [3.63, 3.8) is 0 Å². The molecular weight excluding hydrogens is 273 g/mol. The third-order valence-corrected chi connectivity index (χ3v) is 3.69. The number of amides is 2. The van der Waals surface area contributed by atoms with Gasteiger partial charge < -0.3 is 9.80 Å². The Morgan fingerprint density at radius 2 is 1.55 bits per heavy atom. The minimum absolute atomic E-state index is 0.0690. The highest BCUT2D eigenvalue weighted by Gasteiger charge is 2.43. The van der Waals surface area contributed by atoms with Crippen LogP contribution in [-0.2, 0) is 9.59 Å². The van der Waals surface area contributed by atoms with Crippen molar-refractivity contribution in [3.8, 4) is 0 Å². The molecule has 0 atom stereocenters. The summed E-state index contributed by atoms with van der Waals surface area (Å²) in [7, 11) is 0. The fourth-order valence-corrected chi connectivity index (χ4v) is 2.25. The number of rotatable bonds is 2. The van der Waals surface area contributed by atoms with Crippen LogP contribution in [-0.4, -0.2) is 54.0 Å². The second-order valence-electron chi connectivity index (χ2n) is 5.28. The summed E-state index contributed by atoms with van der Waals surface area (Å²) in [6, 6.07) is 0. The highest BCUT2D eigenvalue weighted by atomic mass is 19.4. The van der Waals surface area contributed by atoms with Crippen LogP contribution in [0, 0.1) is 5.92 Å². The monoisotopic (exact) mass is 290 g/mol. The molecular formula is C13H17F3N2O2. The Labute approximate surface area is 115 Å². The number of allylic oxidation sites excluding steroid dienone is 1. The predicted molar refractivity (Wildman–Crippen MR) is 65.7 cm³/mol. The first-order chi connectivity index (χ1) is 9.29. The number of halogens is 3. The van der Waals surface area contributed by atoms with Gasteiger partial charge >= 0.3 is 12.1 Å². The zero-order valence-corrected chi connectivity index (χ0v) is 11.2. The van der Waals surface area contributed by atoms with Gasteiger partial charge in [-0.25, -0.2) is 0 Å². The molecule has 1 aliphatic carbocycles. The van der Waals surface area contributed by atoms with Crippen molar-refractivity contribution in [3.05, 3.63) is 11.6 Å². The van der Waals surface area contributed by atoms with Crippen molar-refractivity contribution in [1.82, 2.24) is 9.80 Å². The maximum absolute atomic E-state index is 12.3. The molecule has 0 radical (unpaired) electrons. The molecule has 2 aliphatic rings. The molecule has 0 aromatic heterocycles. The minimum atomic E-state index is -4.84. The quantitative estimate of drug-likeness (QED) is 0.724. The molecule has 0 aromatic carbocycles. The summed E-state index contributed by atoms with van der Waals surface area (Å²) < 4.78 is 36.8. The summed E-state index contributed by atoms with van der Waals surface area (Å²) in [6.07, 6.45) is -1.07. The second-order valence-corrected chi connectivity index (χ2v) is 5.28. The number of hydrogen-bond acceptors (Lipinski definition) is 2. The topological polar surface area (TPSA) is 40.6 Å². The number of nitrogens with zero attached hydrogens (tertiary/aromatic N) is 2. The molecule has 0 N–H and O–H groups in total. The summed E-state index contributed by atoms with van der Waals surface area (Å²) in [5.41, 5.74) is 1.03. The van der Waals surface area contributed by atoms with Crippen LogP contribution in [0.15, 0.2) is 11.6 Å². The van der Waals surface area contributed by atoms with Crippen molar-refractivity contribution in [1.29, 1.82) is 0 Å². The van der Waals surface area contributed by atoms with E-state index in [2.05, 4.69) is 0 Å². The second kappa shape index (κ2) is 5.46. The van der Waals surface area contributed by atoms with Crippen molar-refractivity contribution in [2.75, 3.05) is 26.2 Å². The molecule has 4 nitrogen and oxygen atoms in total. The van der Waals surface area contributed by atoms with E-state index in [4.69, 9.17) is 0 Å². The third-order valence-electron chi connectivity index (χ3n) is 3.69. The molecule has 7 heteroatoms. The lowest BCUT2D eigenvalue weighted by Gasteiger charge is -2.34. The van der Waals surface area contributed by atoms with E-state index in [0.717, 1.165) is 23.3 Å². The van der Waals surface area contributed by atoms with Gasteiger partial charge in [0.25, 0.3) is 0 Å². The Morgan fingerprint density at radius 1 is 1.05 bits per heavy atom. The first kappa shape index (κ1) is 14.9. The van der Waals surface area contributed by atoms with Crippen LogP contribution >= 0.6 is 0 Å². The molecule has 0 unspecified atom stereocenters. The normalized spacial score (nSPS) is 21.1. The molecule has 2 fully saturated rings.